The monoisotopic (exact) mass is 365 g/mol. The Morgan fingerprint density at radius 1 is 0.913 bits per heavy atom. The number of benzene rings is 2. The fraction of sp³-hybridized carbons (Fsp3) is 0.0769. The highest BCUT2D eigenvalue weighted by atomic mass is 32.2. The van der Waals surface area contributed by atoms with Crippen LogP contribution in [0.5, 0.6) is 0 Å². The minimum absolute atomic E-state index is 0.169. The first kappa shape index (κ1) is 17.4. The number of hydrogen-bond donors (Lipinski definition) is 1. The highest BCUT2D eigenvalue weighted by Gasteiger charge is 2.24. The van der Waals surface area contributed by atoms with Crippen molar-refractivity contribution in [3.05, 3.63) is 47.8 Å². The van der Waals surface area contributed by atoms with E-state index in [0.717, 1.165) is 24.5 Å². The average Bonchev–Trinajstić information content (AvgIpc) is 2.35. The van der Waals surface area contributed by atoms with Crippen LogP contribution in [0.25, 0.3) is 11.1 Å². The highest BCUT2D eigenvalue weighted by molar-refractivity contribution is 7.90. The summed E-state index contributed by atoms with van der Waals surface area (Å²) in [5, 5.41) is 4.76. The Hall–Kier alpha value is -1.91. The second-order valence-corrected chi connectivity index (χ2v) is 8.18. The van der Waals surface area contributed by atoms with Gasteiger partial charge in [-0.15, -0.1) is 0 Å². The van der Waals surface area contributed by atoms with Crippen molar-refractivity contribution in [1.29, 1.82) is 0 Å². The molecule has 23 heavy (non-hydrogen) atoms. The maximum atomic E-state index is 14.2. The molecule has 0 amide bonds. The van der Waals surface area contributed by atoms with Gasteiger partial charge in [-0.05, 0) is 29.8 Å². The molecule has 10 heteroatoms. The topological polar surface area (TPSA) is 94.3 Å². The van der Waals surface area contributed by atoms with E-state index in [9.17, 15) is 30.0 Å². The van der Waals surface area contributed by atoms with Gasteiger partial charge in [0.2, 0.25) is 10.0 Å². The molecule has 0 saturated heterocycles. The summed E-state index contributed by atoms with van der Waals surface area (Å²) in [6, 6.07) is 4.25. The molecule has 0 aromatic heterocycles. The number of primary sulfonamides is 1. The first-order valence-electron chi connectivity index (χ1n) is 5.93. The molecule has 0 aliphatic carbocycles. The first-order chi connectivity index (χ1) is 10.4. The molecule has 2 N–H and O–H groups in total. The summed E-state index contributed by atoms with van der Waals surface area (Å²) in [4.78, 5) is -1.95. The Labute approximate surface area is 130 Å². The number of sulfonamides is 1. The van der Waals surface area contributed by atoms with Crippen LogP contribution < -0.4 is 5.14 Å². The van der Waals surface area contributed by atoms with Crippen molar-refractivity contribution in [3.63, 3.8) is 0 Å². The molecule has 0 aliphatic heterocycles. The van der Waals surface area contributed by atoms with Crippen molar-refractivity contribution in [2.45, 2.75) is 9.79 Å². The van der Waals surface area contributed by atoms with Gasteiger partial charge in [-0.1, -0.05) is 6.07 Å². The zero-order valence-electron chi connectivity index (χ0n) is 11.5. The second-order valence-electron chi connectivity index (χ2n) is 4.70. The summed E-state index contributed by atoms with van der Waals surface area (Å²) in [6.45, 7) is 0. The van der Waals surface area contributed by atoms with Crippen LogP contribution in [0.3, 0.4) is 0 Å². The van der Waals surface area contributed by atoms with Crippen LogP contribution in [0, 0.1) is 17.5 Å². The van der Waals surface area contributed by atoms with E-state index in [1.54, 1.807) is 0 Å². The lowest BCUT2D eigenvalue weighted by Gasteiger charge is -2.09. The Kier molecular flexibility index (Phi) is 4.26. The summed E-state index contributed by atoms with van der Waals surface area (Å²) < 4.78 is 86.8. The Morgan fingerprint density at radius 2 is 1.52 bits per heavy atom. The molecule has 0 radical (unpaired) electrons. The van der Waals surface area contributed by atoms with Crippen LogP contribution in [-0.4, -0.2) is 23.1 Å². The Bertz CT molecular complexity index is 1000. The molecule has 0 bridgehead atoms. The minimum Gasteiger partial charge on any atom is -0.224 e. The Balaban J connectivity index is 2.72. The van der Waals surface area contributed by atoms with E-state index in [0.29, 0.717) is 12.1 Å². The molecule has 0 saturated carbocycles. The lowest BCUT2D eigenvalue weighted by atomic mass is 10.0. The lowest BCUT2D eigenvalue weighted by Crippen LogP contribution is -2.16. The molecule has 2 aromatic rings. The summed E-state index contributed by atoms with van der Waals surface area (Å²) in [6.07, 6.45) is 0.794. The van der Waals surface area contributed by atoms with Gasteiger partial charge in [0.05, 0.1) is 0 Å². The number of hydrogen-bond acceptors (Lipinski definition) is 4. The van der Waals surface area contributed by atoms with Gasteiger partial charge in [-0.25, -0.2) is 35.1 Å². The maximum Gasteiger partial charge on any atom is 0.243 e. The first-order valence-corrected chi connectivity index (χ1v) is 9.37. The van der Waals surface area contributed by atoms with Crippen molar-refractivity contribution >= 4 is 19.9 Å². The Morgan fingerprint density at radius 3 is 2.00 bits per heavy atom. The van der Waals surface area contributed by atoms with E-state index < -0.39 is 52.7 Å². The summed E-state index contributed by atoms with van der Waals surface area (Å²) in [7, 11) is -8.50. The number of rotatable bonds is 3. The predicted molar refractivity (Wildman–Crippen MR) is 76.2 cm³/mol. The van der Waals surface area contributed by atoms with Gasteiger partial charge >= 0.3 is 0 Å². The van der Waals surface area contributed by atoms with Crippen molar-refractivity contribution in [2.75, 3.05) is 6.26 Å². The largest absolute Gasteiger partial charge is 0.243 e. The smallest absolute Gasteiger partial charge is 0.224 e. The van der Waals surface area contributed by atoms with E-state index in [2.05, 4.69) is 0 Å². The minimum atomic E-state index is -4.68. The molecule has 5 nitrogen and oxygen atoms in total. The van der Waals surface area contributed by atoms with Gasteiger partial charge in [-0.2, -0.15) is 0 Å². The normalized spacial score (nSPS) is 12.4. The SMILES string of the molecule is CS(=O)(=O)c1ccc(-c2ccc(F)c(S(N)(=O)=O)c2F)cc1F. The highest BCUT2D eigenvalue weighted by Crippen LogP contribution is 2.30. The van der Waals surface area contributed by atoms with E-state index in [1.165, 1.54) is 0 Å². The molecule has 0 unspecified atom stereocenters. The van der Waals surface area contributed by atoms with Crippen LogP contribution in [-0.2, 0) is 19.9 Å². The van der Waals surface area contributed by atoms with E-state index in [-0.39, 0.29) is 5.56 Å². The van der Waals surface area contributed by atoms with Gasteiger partial charge < -0.3 is 0 Å². The van der Waals surface area contributed by atoms with E-state index >= 15 is 0 Å². The van der Waals surface area contributed by atoms with Crippen LogP contribution in [0.4, 0.5) is 13.2 Å². The maximum absolute atomic E-state index is 14.2. The molecule has 2 rings (SSSR count). The average molecular weight is 365 g/mol. The molecule has 0 spiro atoms. The molecule has 0 atom stereocenters. The standard InChI is InChI=1S/C13H10F3NO4S2/c1-22(18,19)11-5-2-7(6-10(11)15)8-3-4-9(14)13(12(8)16)23(17,20)21/h2-6H,1H3,(H2,17,20,21). The molecule has 2 aromatic carbocycles. The second kappa shape index (κ2) is 5.62. The van der Waals surface area contributed by atoms with Crippen LogP contribution in [0.1, 0.15) is 0 Å². The summed E-state index contributed by atoms with van der Waals surface area (Å²) >= 11 is 0. The molecule has 0 fully saturated rings. The van der Waals surface area contributed by atoms with Crippen LogP contribution in [0.15, 0.2) is 40.1 Å². The molecular weight excluding hydrogens is 355 g/mol. The zero-order valence-corrected chi connectivity index (χ0v) is 13.2. The van der Waals surface area contributed by atoms with Crippen LogP contribution >= 0.6 is 0 Å². The molecular formula is C13H10F3NO4S2. The molecule has 0 heterocycles. The van der Waals surface area contributed by atoms with Crippen molar-refractivity contribution in [3.8, 4) is 11.1 Å². The lowest BCUT2D eigenvalue weighted by molar-refractivity contribution is 0.521. The third kappa shape index (κ3) is 3.38. The zero-order chi connectivity index (χ0) is 17.6. The molecule has 0 aliphatic rings. The van der Waals surface area contributed by atoms with Gasteiger partial charge in [0.25, 0.3) is 0 Å². The van der Waals surface area contributed by atoms with Gasteiger partial charge in [-0.3, -0.25) is 0 Å². The van der Waals surface area contributed by atoms with Gasteiger partial charge in [0, 0.05) is 11.8 Å². The van der Waals surface area contributed by atoms with E-state index in [1.807, 2.05) is 0 Å². The summed E-state index contributed by atoms with van der Waals surface area (Å²) in [5.41, 5.74) is -0.605. The van der Waals surface area contributed by atoms with Crippen molar-refractivity contribution in [2.24, 2.45) is 5.14 Å². The van der Waals surface area contributed by atoms with E-state index in [4.69, 9.17) is 5.14 Å². The van der Waals surface area contributed by atoms with Crippen LogP contribution in [0.2, 0.25) is 0 Å². The number of nitrogens with two attached hydrogens (primary N) is 1. The van der Waals surface area contributed by atoms with Crippen molar-refractivity contribution < 1.29 is 30.0 Å². The number of sulfone groups is 1. The predicted octanol–water partition coefficient (Wildman–Crippen LogP) is 1.82. The third-order valence-electron chi connectivity index (χ3n) is 2.98. The fourth-order valence-corrected chi connectivity index (χ4v) is 3.41. The number of halogens is 3. The fourth-order valence-electron chi connectivity index (χ4n) is 1.99. The van der Waals surface area contributed by atoms with Crippen molar-refractivity contribution in [1.82, 2.24) is 0 Å². The van der Waals surface area contributed by atoms with Gasteiger partial charge in [0.1, 0.15) is 16.5 Å². The van der Waals surface area contributed by atoms with Gasteiger partial charge in [0.15, 0.2) is 20.5 Å². The molecule has 124 valence electrons. The quantitative estimate of drug-likeness (QED) is 0.898. The third-order valence-corrected chi connectivity index (χ3v) is 5.05. The summed E-state index contributed by atoms with van der Waals surface area (Å²) in [5.74, 6) is -4.02.